The smallest absolute Gasteiger partial charge is 0.408 e. The van der Waals surface area contributed by atoms with Crippen LogP contribution >= 0.6 is 0 Å². The van der Waals surface area contributed by atoms with Gasteiger partial charge in [-0.3, -0.25) is 5.10 Å². The van der Waals surface area contributed by atoms with Crippen LogP contribution in [0.3, 0.4) is 0 Å². The molecule has 0 aliphatic carbocycles. The maximum Gasteiger partial charge on any atom is 0.408 e. The van der Waals surface area contributed by atoms with Gasteiger partial charge in [-0.2, -0.15) is 0 Å². The van der Waals surface area contributed by atoms with Gasteiger partial charge >= 0.3 is 12.1 Å². The van der Waals surface area contributed by atoms with E-state index in [2.05, 4.69) is 20.5 Å². The van der Waals surface area contributed by atoms with Crippen molar-refractivity contribution in [2.45, 2.75) is 19.6 Å². The maximum atomic E-state index is 11.6. The molecule has 0 radical (unpaired) electrons. The second-order valence-corrected chi connectivity index (χ2v) is 4.28. The van der Waals surface area contributed by atoms with Crippen molar-refractivity contribution in [3.8, 4) is 0 Å². The van der Waals surface area contributed by atoms with E-state index in [1.165, 1.54) is 0 Å². The standard InChI is InChI=1S/C13H14N4O4/c1-8(10-15-11(12(18)19)17-16-10)14-13(20)21-7-9-5-3-2-4-6-9/h2-6,8H,7H2,1H3,(H,14,20)(H,18,19)(H,15,16,17). The highest BCUT2D eigenvalue weighted by molar-refractivity contribution is 5.82. The summed E-state index contributed by atoms with van der Waals surface area (Å²) in [4.78, 5) is 26.0. The van der Waals surface area contributed by atoms with E-state index in [0.29, 0.717) is 0 Å². The second kappa shape index (κ2) is 6.51. The molecule has 0 aliphatic heterocycles. The number of aromatic amines is 1. The Kier molecular flexibility index (Phi) is 4.50. The average Bonchev–Trinajstić information content (AvgIpc) is 2.96. The molecule has 1 atom stereocenters. The molecule has 1 amide bonds. The average molecular weight is 290 g/mol. The van der Waals surface area contributed by atoms with Crippen molar-refractivity contribution < 1.29 is 19.4 Å². The van der Waals surface area contributed by atoms with Gasteiger partial charge in [0.25, 0.3) is 5.82 Å². The summed E-state index contributed by atoms with van der Waals surface area (Å²) in [5.41, 5.74) is 0.869. The van der Waals surface area contributed by atoms with Crippen molar-refractivity contribution in [3.63, 3.8) is 0 Å². The fourth-order valence-corrected chi connectivity index (χ4v) is 1.57. The van der Waals surface area contributed by atoms with E-state index in [9.17, 15) is 9.59 Å². The molecule has 1 heterocycles. The number of benzene rings is 1. The van der Waals surface area contributed by atoms with Gasteiger partial charge in [-0.25, -0.2) is 14.6 Å². The molecule has 21 heavy (non-hydrogen) atoms. The topological polar surface area (TPSA) is 117 Å². The second-order valence-electron chi connectivity index (χ2n) is 4.28. The molecule has 0 bridgehead atoms. The molecular formula is C13H14N4O4. The van der Waals surface area contributed by atoms with Crippen LogP contribution in [0.5, 0.6) is 0 Å². The number of nitrogens with zero attached hydrogens (tertiary/aromatic N) is 2. The van der Waals surface area contributed by atoms with Gasteiger partial charge in [0, 0.05) is 0 Å². The number of aromatic carboxylic acids is 1. The van der Waals surface area contributed by atoms with Crippen LogP contribution in [-0.2, 0) is 11.3 Å². The summed E-state index contributed by atoms with van der Waals surface area (Å²) in [6.45, 7) is 1.78. The first-order valence-corrected chi connectivity index (χ1v) is 6.19. The predicted octanol–water partition coefficient (Wildman–Crippen LogP) is 1.49. The quantitative estimate of drug-likeness (QED) is 0.768. The van der Waals surface area contributed by atoms with Gasteiger partial charge in [0.15, 0.2) is 0 Å². The lowest BCUT2D eigenvalue weighted by Crippen LogP contribution is -2.28. The van der Waals surface area contributed by atoms with Crippen molar-refractivity contribution in [1.82, 2.24) is 20.5 Å². The van der Waals surface area contributed by atoms with Crippen LogP contribution in [0, 0.1) is 0 Å². The van der Waals surface area contributed by atoms with Crippen molar-refractivity contribution in [3.05, 3.63) is 47.5 Å². The molecule has 0 saturated heterocycles. The summed E-state index contributed by atoms with van der Waals surface area (Å²) < 4.78 is 5.05. The van der Waals surface area contributed by atoms with Crippen LogP contribution < -0.4 is 5.32 Å². The Morgan fingerprint density at radius 1 is 1.38 bits per heavy atom. The van der Waals surface area contributed by atoms with Gasteiger partial charge in [-0.15, -0.1) is 5.10 Å². The number of hydrogen-bond donors (Lipinski definition) is 3. The first-order chi connectivity index (χ1) is 10.1. The molecule has 8 heteroatoms. The number of alkyl carbamates (subject to hydrolysis) is 1. The molecule has 0 spiro atoms. The van der Waals surface area contributed by atoms with Crippen LogP contribution in [0.25, 0.3) is 0 Å². The highest BCUT2D eigenvalue weighted by Crippen LogP contribution is 2.07. The fraction of sp³-hybridized carbons (Fsp3) is 0.231. The maximum absolute atomic E-state index is 11.6. The largest absolute Gasteiger partial charge is 0.475 e. The monoisotopic (exact) mass is 290 g/mol. The third-order valence-corrected chi connectivity index (χ3v) is 2.65. The van der Waals surface area contributed by atoms with Crippen LogP contribution in [-0.4, -0.2) is 32.4 Å². The number of nitrogens with one attached hydrogen (secondary N) is 2. The van der Waals surface area contributed by atoms with E-state index in [1.54, 1.807) is 6.92 Å². The summed E-state index contributed by atoms with van der Waals surface area (Å²) >= 11 is 0. The molecule has 1 aromatic heterocycles. The Morgan fingerprint density at radius 2 is 2.10 bits per heavy atom. The molecule has 8 nitrogen and oxygen atoms in total. The van der Waals surface area contributed by atoms with E-state index in [0.717, 1.165) is 5.56 Å². The molecule has 2 aromatic rings. The molecule has 0 aliphatic rings. The summed E-state index contributed by atoms with van der Waals surface area (Å²) in [5, 5.41) is 17.2. The lowest BCUT2D eigenvalue weighted by Gasteiger charge is -2.11. The van der Waals surface area contributed by atoms with Gasteiger partial charge < -0.3 is 15.2 Å². The van der Waals surface area contributed by atoms with Crippen LogP contribution in [0.4, 0.5) is 4.79 Å². The Hall–Kier alpha value is -2.90. The third kappa shape index (κ3) is 4.03. The minimum Gasteiger partial charge on any atom is -0.475 e. The van der Waals surface area contributed by atoms with Crippen molar-refractivity contribution in [2.75, 3.05) is 0 Å². The van der Waals surface area contributed by atoms with Crippen LogP contribution in [0.1, 0.15) is 35.0 Å². The Balaban J connectivity index is 1.85. The number of carboxylic acids is 1. The zero-order valence-electron chi connectivity index (χ0n) is 11.2. The SMILES string of the molecule is CC(NC(=O)OCc1ccccc1)c1nc(C(=O)O)n[nH]1. The van der Waals surface area contributed by atoms with Crippen LogP contribution in [0.2, 0.25) is 0 Å². The Labute approximate surface area is 120 Å². The number of carboxylic acid groups (broad SMARTS) is 1. The van der Waals surface area contributed by atoms with Crippen molar-refractivity contribution >= 4 is 12.1 Å². The molecule has 110 valence electrons. The zero-order valence-corrected chi connectivity index (χ0v) is 11.2. The zero-order chi connectivity index (χ0) is 15.2. The van der Waals surface area contributed by atoms with E-state index < -0.39 is 18.1 Å². The number of carbonyl (C=O) groups is 2. The third-order valence-electron chi connectivity index (χ3n) is 2.65. The van der Waals surface area contributed by atoms with Gasteiger partial charge in [-0.1, -0.05) is 30.3 Å². The molecule has 3 N–H and O–H groups in total. The first-order valence-electron chi connectivity index (χ1n) is 6.19. The lowest BCUT2D eigenvalue weighted by atomic mass is 10.2. The van der Waals surface area contributed by atoms with E-state index in [-0.39, 0.29) is 18.3 Å². The lowest BCUT2D eigenvalue weighted by molar-refractivity contribution is 0.0684. The summed E-state index contributed by atoms with van der Waals surface area (Å²) in [5.74, 6) is -1.35. The predicted molar refractivity (Wildman–Crippen MR) is 71.5 cm³/mol. The molecular weight excluding hydrogens is 276 g/mol. The van der Waals surface area contributed by atoms with E-state index >= 15 is 0 Å². The first kappa shape index (κ1) is 14.5. The number of ether oxygens (including phenoxy) is 1. The number of H-pyrrole nitrogens is 1. The van der Waals surface area contributed by atoms with Crippen molar-refractivity contribution in [1.29, 1.82) is 0 Å². The molecule has 1 aromatic carbocycles. The fourth-order valence-electron chi connectivity index (χ4n) is 1.57. The van der Waals surface area contributed by atoms with E-state index in [1.807, 2.05) is 30.3 Å². The summed E-state index contributed by atoms with van der Waals surface area (Å²) in [6.07, 6.45) is -0.625. The number of amides is 1. The number of rotatable bonds is 5. The number of hydrogen-bond acceptors (Lipinski definition) is 5. The summed E-state index contributed by atoms with van der Waals surface area (Å²) in [7, 11) is 0. The van der Waals surface area contributed by atoms with Crippen molar-refractivity contribution in [2.24, 2.45) is 0 Å². The molecule has 0 saturated carbocycles. The molecule has 2 rings (SSSR count). The van der Waals surface area contributed by atoms with Crippen LogP contribution in [0.15, 0.2) is 30.3 Å². The molecule has 1 unspecified atom stereocenters. The Bertz CT molecular complexity index is 626. The van der Waals surface area contributed by atoms with Gasteiger partial charge in [-0.05, 0) is 12.5 Å². The number of carbonyl (C=O) groups excluding carboxylic acids is 1. The Morgan fingerprint density at radius 3 is 2.71 bits per heavy atom. The van der Waals surface area contributed by atoms with E-state index in [4.69, 9.17) is 9.84 Å². The highest BCUT2D eigenvalue weighted by Gasteiger charge is 2.17. The highest BCUT2D eigenvalue weighted by atomic mass is 16.5. The minimum absolute atomic E-state index is 0.149. The van der Waals surface area contributed by atoms with Gasteiger partial charge in [0.2, 0.25) is 0 Å². The van der Waals surface area contributed by atoms with Gasteiger partial charge in [0.1, 0.15) is 12.4 Å². The number of aromatic nitrogens is 3. The minimum atomic E-state index is -1.24. The summed E-state index contributed by atoms with van der Waals surface area (Å²) in [6, 6.07) is 8.70. The normalized spacial score (nSPS) is 11.7. The molecule has 0 fully saturated rings. The van der Waals surface area contributed by atoms with Gasteiger partial charge in [0.05, 0.1) is 6.04 Å².